The molecule has 1 aromatic rings. The number of nitrogen functional groups attached to an aromatic ring is 1. The van der Waals surface area contributed by atoms with Crippen molar-refractivity contribution >= 4 is 11.5 Å². The van der Waals surface area contributed by atoms with Gasteiger partial charge in [-0.05, 0) is 25.8 Å². The van der Waals surface area contributed by atoms with Gasteiger partial charge in [-0.2, -0.15) is 0 Å². The molecule has 0 fully saturated rings. The summed E-state index contributed by atoms with van der Waals surface area (Å²) < 4.78 is 0. The SMILES string of the molecule is Cc1cc(N)c2c(n1)NCCC2. The minimum Gasteiger partial charge on any atom is -0.398 e. The topological polar surface area (TPSA) is 50.9 Å². The molecule has 0 saturated heterocycles. The lowest BCUT2D eigenvalue weighted by molar-refractivity contribution is 0.817. The van der Waals surface area contributed by atoms with Gasteiger partial charge in [-0.3, -0.25) is 0 Å². The Kier molecular flexibility index (Phi) is 1.64. The third-order valence-corrected chi connectivity index (χ3v) is 2.18. The van der Waals surface area contributed by atoms with Gasteiger partial charge in [0, 0.05) is 23.5 Å². The number of fused-ring (bicyclic) bond motifs is 1. The van der Waals surface area contributed by atoms with Gasteiger partial charge < -0.3 is 11.1 Å². The van der Waals surface area contributed by atoms with E-state index in [-0.39, 0.29) is 0 Å². The summed E-state index contributed by atoms with van der Waals surface area (Å²) in [5.41, 5.74) is 8.92. The average Bonchev–Trinajstić information content (AvgIpc) is 2.04. The van der Waals surface area contributed by atoms with E-state index in [4.69, 9.17) is 5.73 Å². The maximum absolute atomic E-state index is 5.86. The molecule has 64 valence electrons. The largest absolute Gasteiger partial charge is 0.398 e. The summed E-state index contributed by atoms with van der Waals surface area (Å²) in [6.07, 6.45) is 2.21. The number of pyridine rings is 1. The summed E-state index contributed by atoms with van der Waals surface area (Å²) in [6.45, 7) is 2.98. The van der Waals surface area contributed by atoms with Crippen LogP contribution in [0, 0.1) is 6.92 Å². The van der Waals surface area contributed by atoms with E-state index in [1.54, 1.807) is 0 Å². The number of aryl methyl sites for hydroxylation is 1. The molecule has 3 nitrogen and oxygen atoms in total. The van der Waals surface area contributed by atoms with Crippen LogP contribution in [0.3, 0.4) is 0 Å². The quantitative estimate of drug-likeness (QED) is 0.606. The summed E-state index contributed by atoms with van der Waals surface area (Å²) in [5, 5.41) is 3.25. The maximum atomic E-state index is 5.86. The number of hydrogen-bond acceptors (Lipinski definition) is 3. The van der Waals surface area contributed by atoms with E-state index in [0.29, 0.717) is 0 Å². The molecule has 2 heterocycles. The van der Waals surface area contributed by atoms with E-state index in [1.807, 2.05) is 13.0 Å². The summed E-state index contributed by atoms with van der Waals surface area (Å²) >= 11 is 0. The Morgan fingerprint density at radius 1 is 1.58 bits per heavy atom. The highest BCUT2D eigenvalue weighted by atomic mass is 15.0. The lowest BCUT2D eigenvalue weighted by atomic mass is 10.1. The third kappa shape index (κ3) is 1.11. The highest BCUT2D eigenvalue weighted by molar-refractivity contribution is 5.61. The Balaban J connectivity index is 2.53. The first-order valence-corrected chi connectivity index (χ1v) is 4.27. The fraction of sp³-hybridized carbons (Fsp3) is 0.444. The highest BCUT2D eigenvalue weighted by Crippen LogP contribution is 2.25. The second-order valence-electron chi connectivity index (χ2n) is 3.21. The zero-order chi connectivity index (χ0) is 8.55. The number of hydrogen-bond donors (Lipinski definition) is 2. The van der Waals surface area contributed by atoms with Crippen LogP contribution in [0.25, 0.3) is 0 Å². The predicted octanol–water partition coefficient (Wildman–Crippen LogP) is 1.33. The number of nitrogens with one attached hydrogen (secondary N) is 1. The Morgan fingerprint density at radius 3 is 3.25 bits per heavy atom. The average molecular weight is 163 g/mol. The van der Waals surface area contributed by atoms with Gasteiger partial charge in [0.05, 0.1) is 0 Å². The highest BCUT2D eigenvalue weighted by Gasteiger charge is 2.12. The molecule has 0 unspecified atom stereocenters. The van der Waals surface area contributed by atoms with Crippen molar-refractivity contribution in [2.75, 3.05) is 17.6 Å². The molecule has 12 heavy (non-hydrogen) atoms. The van der Waals surface area contributed by atoms with Crippen LogP contribution in [-0.2, 0) is 6.42 Å². The van der Waals surface area contributed by atoms with Crippen LogP contribution in [0.2, 0.25) is 0 Å². The molecule has 0 radical (unpaired) electrons. The minimum atomic E-state index is 0.879. The third-order valence-electron chi connectivity index (χ3n) is 2.18. The molecule has 3 N–H and O–H groups in total. The van der Waals surface area contributed by atoms with Crippen molar-refractivity contribution in [1.82, 2.24) is 4.98 Å². The normalized spacial score (nSPS) is 15.1. The van der Waals surface area contributed by atoms with Gasteiger partial charge in [-0.25, -0.2) is 4.98 Å². The van der Waals surface area contributed by atoms with Crippen LogP contribution in [0.15, 0.2) is 6.07 Å². The molecule has 3 heteroatoms. The van der Waals surface area contributed by atoms with Crippen LogP contribution in [0.1, 0.15) is 17.7 Å². The van der Waals surface area contributed by atoms with Crippen LogP contribution in [0.4, 0.5) is 11.5 Å². The minimum absolute atomic E-state index is 0.879. The molecule has 1 aliphatic rings. The van der Waals surface area contributed by atoms with Crippen LogP contribution < -0.4 is 11.1 Å². The fourth-order valence-electron chi connectivity index (χ4n) is 1.61. The Morgan fingerprint density at radius 2 is 2.42 bits per heavy atom. The molecule has 2 rings (SSSR count). The van der Waals surface area contributed by atoms with Crippen LogP contribution in [0.5, 0.6) is 0 Å². The van der Waals surface area contributed by atoms with Crippen molar-refractivity contribution in [2.24, 2.45) is 0 Å². The first kappa shape index (κ1) is 7.40. The molecule has 0 amide bonds. The number of rotatable bonds is 0. The molecule has 0 bridgehead atoms. The van der Waals surface area contributed by atoms with Crippen molar-refractivity contribution in [1.29, 1.82) is 0 Å². The second-order valence-corrected chi connectivity index (χ2v) is 3.21. The Bertz CT molecular complexity index is 307. The molecule has 0 aromatic carbocycles. The van der Waals surface area contributed by atoms with E-state index in [1.165, 1.54) is 5.56 Å². The first-order chi connectivity index (χ1) is 5.77. The summed E-state index contributed by atoms with van der Waals surface area (Å²) in [7, 11) is 0. The summed E-state index contributed by atoms with van der Waals surface area (Å²) in [4.78, 5) is 4.38. The monoisotopic (exact) mass is 163 g/mol. The summed E-state index contributed by atoms with van der Waals surface area (Å²) in [5.74, 6) is 0.985. The molecular formula is C9H13N3. The van der Waals surface area contributed by atoms with Gasteiger partial charge in [0.2, 0.25) is 0 Å². The first-order valence-electron chi connectivity index (χ1n) is 4.27. The van der Waals surface area contributed by atoms with Crippen LogP contribution >= 0.6 is 0 Å². The lowest BCUT2D eigenvalue weighted by Crippen LogP contribution is -2.15. The molecule has 1 aliphatic heterocycles. The van der Waals surface area contributed by atoms with Gasteiger partial charge in [0.1, 0.15) is 5.82 Å². The number of nitrogens with zero attached hydrogens (tertiary/aromatic N) is 1. The van der Waals surface area contributed by atoms with Gasteiger partial charge >= 0.3 is 0 Å². The smallest absolute Gasteiger partial charge is 0.131 e. The zero-order valence-electron chi connectivity index (χ0n) is 7.22. The van der Waals surface area contributed by atoms with Gasteiger partial charge in [0.25, 0.3) is 0 Å². The van der Waals surface area contributed by atoms with Gasteiger partial charge in [-0.1, -0.05) is 0 Å². The lowest BCUT2D eigenvalue weighted by Gasteiger charge is -2.18. The Hall–Kier alpha value is -1.25. The fourth-order valence-corrected chi connectivity index (χ4v) is 1.61. The predicted molar refractivity (Wildman–Crippen MR) is 50.2 cm³/mol. The molecule has 0 aliphatic carbocycles. The zero-order valence-corrected chi connectivity index (χ0v) is 7.22. The van der Waals surface area contributed by atoms with Crippen molar-refractivity contribution in [3.05, 3.63) is 17.3 Å². The van der Waals surface area contributed by atoms with Crippen molar-refractivity contribution < 1.29 is 0 Å². The number of aromatic nitrogens is 1. The standard InChI is InChI=1S/C9H13N3/c1-6-5-8(10)7-3-2-4-11-9(7)12-6/h5H,2-4H2,1H3,(H3,10,11,12). The van der Waals surface area contributed by atoms with Gasteiger partial charge in [-0.15, -0.1) is 0 Å². The molecule has 0 atom stereocenters. The maximum Gasteiger partial charge on any atom is 0.131 e. The molecule has 0 spiro atoms. The van der Waals surface area contributed by atoms with E-state index in [9.17, 15) is 0 Å². The Labute approximate surface area is 72.0 Å². The molecular weight excluding hydrogens is 150 g/mol. The van der Waals surface area contributed by atoms with E-state index < -0.39 is 0 Å². The number of nitrogens with two attached hydrogens (primary N) is 1. The summed E-state index contributed by atoms with van der Waals surface area (Å²) in [6, 6.07) is 1.94. The van der Waals surface area contributed by atoms with E-state index in [0.717, 1.165) is 36.6 Å². The second kappa shape index (κ2) is 2.66. The van der Waals surface area contributed by atoms with Crippen molar-refractivity contribution in [3.63, 3.8) is 0 Å². The molecule has 0 saturated carbocycles. The van der Waals surface area contributed by atoms with Crippen LogP contribution in [-0.4, -0.2) is 11.5 Å². The van der Waals surface area contributed by atoms with Crippen molar-refractivity contribution in [2.45, 2.75) is 19.8 Å². The van der Waals surface area contributed by atoms with E-state index >= 15 is 0 Å². The molecule has 1 aromatic heterocycles. The number of anilines is 2. The van der Waals surface area contributed by atoms with Crippen molar-refractivity contribution in [3.8, 4) is 0 Å². The van der Waals surface area contributed by atoms with Gasteiger partial charge in [0.15, 0.2) is 0 Å². The van der Waals surface area contributed by atoms with E-state index in [2.05, 4.69) is 10.3 Å².